The fourth-order valence-electron chi connectivity index (χ4n) is 4.16. The van der Waals surface area contributed by atoms with Crippen LogP contribution in [0.25, 0.3) is 21.3 Å². The number of thiophene rings is 1. The number of amides is 2. The highest BCUT2D eigenvalue weighted by molar-refractivity contribution is 7.21. The first-order chi connectivity index (χ1) is 17.0. The van der Waals surface area contributed by atoms with E-state index in [-0.39, 0.29) is 17.3 Å². The number of fused-ring (bicyclic) bond motifs is 1. The van der Waals surface area contributed by atoms with Gasteiger partial charge in [0.25, 0.3) is 0 Å². The van der Waals surface area contributed by atoms with E-state index >= 15 is 0 Å². The lowest BCUT2D eigenvalue weighted by Gasteiger charge is -2.27. The molecule has 0 radical (unpaired) electrons. The quantitative estimate of drug-likeness (QED) is 0.331. The molecule has 0 spiro atoms. The number of benzene rings is 2. The monoisotopic (exact) mass is 488 g/mol. The zero-order valence-corrected chi connectivity index (χ0v) is 19.1. The van der Waals surface area contributed by atoms with Crippen molar-refractivity contribution in [1.29, 1.82) is 0 Å². The summed E-state index contributed by atoms with van der Waals surface area (Å²) in [5.74, 6) is 0.232. The first-order valence-corrected chi connectivity index (χ1v) is 11.6. The van der Waals surface area contributed by atoms with Crippen molar-refractivity contribution in [3.8, 4) is 0 Å². The molecule has 0 unspecified atom stereocenters. The Balaban J connectivity index is 1.40. The molecule has 0 saturated carbocycles. The molecule has 0 bridgehead atoms. The van der Waals surface area contributed by atoms with E-state index in [0.717, 1.165) is 22.4 Å². The number of nitrogens with zero attached hydrogens (tertiary/aromatic N) is 4. The number of aromatic nitrogens is 4. The topological polar surface area (TPSA) is 113 Å². The average Bonchev–Trinajstić information content (AvgIpc) is 3.40. The Labute approximate surface area is 201 Å². The van der Waals surface area contributed by atoms with E-state index < -0.39 is 12.0 Å². The maximum absolute atomic E-state index is 13.5. The molecule has 0 fully saturated rings. The average molecular weight is 489 g/mol. The van der Waals surface area contributed by atoms with Crippen molar-refractivity contribution < 1.29 is 18.7 Å². The van der Waals surface area contributed by atoms with Crippen LogP contribution in [-0.4, -0.2) is 38.5 Å². The molecule has 174 valence electrons. The van der Waals surface area contributed by atoms with E-state index in [1.54, 1.807) is 31.2 Å². The van der Waals surface area contributed by atoms with E-state index in [1.807, 2.05) is 6.07 Å². The zero-order valence-electron chi connectivity index (χ0n) is 18.3. The van der Waals surface area contributed by atoms with Crippen LogP contribution in [0.4, 0.5) is 26.4 Å². The summed E-state index contributed by atoms with van der Waals surface area (Å²) < 4.78 is 18.7. The fourth-order valence-corrected chi connectivity index (χ4v) is 5.15. The van der Waals surface area contributed by atoms with Crippen LogP contribution in [0.15, 0.2) is 48.8 Å². The maximum atomic E-state index is 13.5. The Hall–Kier alpha value is -4.38. The van der Waals surface area contributed by atoms with Gasteiger partial charge in [-0.05, 0) is 42.8 Å². The number of imidazole rings is 1. The molecule has 4 heterocycles. The van der Waals surface area contributed by atoms with Gasteiger partial charge in [0.05, 0.1) is 34.4 Å². The molecule has 0 aliphatic carbocycles. The van der Waals surface area contributed by atoms with Crippen molar-refractivity contribution >= 4 is 61.8 Å². The van der Waals surface area contributed by atoms with Gasteiger partial charge in [0.15, 0.2) is 5.82 Å². The molecule has 35 heavy (non-hydrogen) atoms. The van der Waals surface area contributed by atoms with Crippen LogP contribution < -0.4 is 10.2 Å². The van der Waals surface area contributed by atoms with Gasteiger partial charge in [-0.3, -0.25) is 0 Å². The van der Waals surface area contributed by atoms with E-state index in [2.05, 4.69) is 25.3 Å². The summed E-state index contributed by atoms with van der Waals surface area (Å²) in [4.78, 5) is 44.4. The lowest BCUT2D eigenvalue weighted by molar-refractivity contribution is 0.0533. The number of hydrogen-bond donors (Lipinski definition) is 2. The molecule has 2 amide bonds. The Kier molecular flexibility index (Phi) is 4.92. The minimum Gasteiger partial charge on any atom is -0.462 e. The van der Waals surface area contributed by atoms with Crippen molar-refractivity contribution in [2.45, 2.75) is 13.3 Å². The molecule has 1 aliphatic rings. The highest BCUT2D eigenvalue weighted by Crippen LogP contribution is 2.45. The Morgan fingerprint density at radius 1 is 1.20 bits per heavy atom. The van der Waals surface area contributed by atoms with Crippen molar-refractivity contribution in [3.05, 3.63) is 70.9 Å². The fraction of sp³-hybridized carbons (Fsp3) is 0.125. The second-order valence-electron chi connectivity index (χ2n) is 7.86. The van der Waals surface area contributed by atoms with Crippen LogP contribution in [0.2, 0.25) is 0 Å². The number of H-pyrrole nitrogens is 1. The largest absolute Gasteiger partial charge is 0.462 e. The molecule has 1 aliphatic heterocycles. The molecule has 11 heteroatoms. The summed E-state index contributed by atoms with van der Waals surface area (Å²) in [7, 11) is 0. The second-order valence-corrected chi connectivity index (χ2v) is 8.86. The Morgan fingerprint density at radius 2 is 2.09 bits per heavy atom. The number of carbonyl (C=O) groups is 2. The first kappa shape index (κ1) is 21.2. The SMILES string of the molecule is CCOC(=O)c1sc2ncnc3c2c1NC(=O)N3c1ccc2nc(Cc3cccc(F)c3)[nH]c2c1. The van der Waals surface area contributed by atoms with Gasteiger partial charge < -0.3 is 15.0 Å². The zero-order chi connectivity index (χ0) is 24.1. The van der Waals surface area contributed by atoms with Crippen LogP contribution in [0.1, 0.15) is 28.0 Å². The van der Waals surface area contributed by atoms with E-state index in [4.69, 9.17) is 4.74 Å². The van der Waals surface area contributed by atoms with E-state index in [0.29, 0.717) is 45.2 Å². The third-order valence-corrected chi connectivity index (χ3v) is 6.69. The van der Waals surface area contributed by atoms with Gasteiger partial charge in [-0.15, -0.1) is 11.3 Å². The van der Waals surface area contributed by atoms with E-state index in [1.165, 1.54) is 23.4 Å². The summed E-state index contributed by atoms with van der Waals surface area (Å²) in [6.07, 6.45) is 1.80. The molecule has 2 N–H and O–H groups in total. The molecule has 0 atom stereocenters. The first-order valence-electron chi connectivity index (χ1n) is 10.8. The highest BCUT2D eigenvalue weighted by Gasteiger charge is 2.34. The third-order valence-electron chi connectivity index (χ3n) is 5.61. The number of nitrogens with one attached hydrogen (secondary N) is 2. The molecule has 6 rings (SSSR count). The minimum absolute atomic E-state index is 0.219. The van der Waals surface area contributed by atoms with Gasteiger partial charge in [-0.25, -0.2) is 33.8 Å². The number of anilines is 3. The summed E-state index contributed by atoms with van der Waals surface area (Å²) in [6, 6.07) is 11.3. The summed E-state index contributed by atoms with van der Waals surface area (Å²) in [5, 5.41) is 3.39. The summed E-state index contributed by atoms with van der Waals surface area (Å²) in [5.41, 5.74) is 3.15. The van der Waals surface area contributed by atoms with Crippen molar-refractivity contribution in [1.82, 2.24) is 19.9 Å². The van der Waals surface area contributed by atoms with Gasteiger partial charge in [-0.1, -0.05) is 12.1 Å². The van der Waals surface area contributed by atoms with Crippen LogP contribution in [0, 0.1) is 5.82 Å². The number of hydrogen-bond acceptors (Lipinski definition) is 7. The molecule has 5 aromatic rings. The van der Waals surface area contributed by atoms with Crippen molar-refractivity contribution in [2.24, 2.45) is 0 Å². The predicted octanol–water partition coefficient (Wildman–Crippen LogP) is 5.16. The smallest absolute Gasteiger partial charge is 0.350 e. The van der Waals surface area contributed by atoms with Gasteiger partial charge in [0.2, 0.25) is 0 Å². The molecular weight excluding hydrogens is 471 g/mol. The predicted molar refractivity (Wildman–Crippen MR) is 130 cm³/mol. The van der Waals surface area contributed by atoms with Gasteiger partial charge in [-0.2, -0.15) is 0 Å². The number of aromatic amines is 1. The van der Waals surface area contributed by atoms with Gasteiger partial charge in [0.1, 0.15) is 27.7 Å². The highest BCUT2D eigenvalue weighted by atomic mass is 32.1. The minimum atomic E-state index is -0.519. The molecule has 3 aromatic heterocycles. The molecular formula is C24H17FN6O3S. The molecule has 2 aromatic carbocycles. The second kappa shape index (κ2) is 8.13. The number of urea groups is 1. The maximum Gasteiger partial charge on any atom is 0.350 e. The summed E-state index contributed by atoms with van der Waals surface area (Å²) >= 11 is 1.15. The number of carbonyl (C=O) groups excluding carboxylic acids is 2. The molecule has 0 saturated heterocycles. The number of esters is 1. The molecule has 9 nitrogen and oxygen atoms in total. The van der Waals surface area contributed by atoms with Crippen LogP contribution in [0.5, 0.6) is 0 Å². The lowest BCUT2D eigenvalue weighted by Crippen LogP contribution is -2.34. The summed E-state index contributed by atoms with van der Waals surface area (Å²) in [6.45, 7) is 1.94. The lowest BCUT2D eigenvalue weighted by atomic mass is 10.1. The van der Waals surface area contributed by atoms with Crippen LogP contribution in [0.3, 0.4) is 0 Å². The van der Waals surface area contributed by atoms with Gasteiger partial charge in [0, 0.05) is 6.42 Å². The third kappa shape index (κ3) is 3.56. The van der Waals surface area contributed by atoms with Gasteiger partial charge >= 0.3 is 12.0 Å². The van der Waals surface area contributed by atoms with Crippen LogP contribution in [-0.2, 0) is 11.2 Å². The standard InChI is InChI=1S/C24H17FN6O3S/c1-2-34-23(32)20-19-18-21(26-11-27-22(18)35-20)31(24(33)30-19)14-6-7-15-16(10-14)29-17(28-15)9-12-4-3-5-13(25)8-12/h3-8,10-11H,2,9H2,1H3,(H,28,29)(H,30,33). The van der Waals surface area contributed by atoms with Crippen molar-refractivity contribution in [2.75, 3.05) is 16.8 Å². The number of ether oxygens (including phenoxy) is 1. The normalized spacial score (nSPS) is 12.9. The Bertz CT molecular complexity index is 1650. The Morgan fingerprint density at radius 3 is 2.91 bits per heavy atom. The number of rotatable bonds is 5. The number of halogens is 1. The van der Waals surface area contributed by atoms with Crippen molar-refractivity contribution in [3.63, 3.8) is 0 Å². The van der Waals surface area contributed by atoms with E-state index in [9.17, 15) is 14.0 Å². The van der Waals surface area contributed by atoms with Crippen LogP contribution >= 0.6 is 11.3 Å².